The summed E-state index contributed by atoms with van der Waals surface area (Å²) in [6.07, 6.45) is 7.41. The summed E-state index contributed by atoms with van der Waals surface area (Å²) in [5, 5.41) is 9.95. The molecule has 2 heteroatoms. The van der Waals surface area contributed by atoms with Crippen molar-refractivity contribution in [3.8, 4) is 5.75 Å². The largest absolute Gasteiger partial charge is 0.506 e. The maximum atomic E-state index is 9.95. The fourth-order valence-corrected chi connectivity index (χ4v) is 2.19. The van der Waals surface area contributed by atoms with Crippen molar-refractivity contribution in [1.29, 1.82) is 0 Å². The van der Waals surface area contributed by atoms with Crippen molar-refractivity contribution in [1.82, 2.24) is 0 Å². The summed E-state index contributed by atoms with van der Waals surface area (Å²) < 4.78 is 0. The standard InChI is InChI=1S/C16H27NO/c1-3-5-9-13-17(14-10-6-4-2)15-11-7-8-12-16(15)18/h7-8,11-12,18H,3-6,9-10,13-14H2,1-2H3. The summed E-state index contributed by atoms with van der Waals surface area (Å²) in [5.74, 6) is 0.408. The first-order chi connectivity index (χ1) is 8.79. The van der Waals surface area contributed by atoms with Gasteiger partial charge in [0, 0.05) is 13.1 Å². The van der Waals surface area contributed by atoms with E-state index in [2.05, 4.69) is 18.7 Å². The summed E-state index contributed by atoms with van der Waals surface area (Å²) in [6, 6.07) is 7.69. The third kappa shape index (κ3) is 4.99. The van der Waals surface area contributed by atoms with Crippen molar-refractivity contribution in [3.63, 3.8) is 0 Å². The first kappa shape index (κ1) is 14.9. The summed E-state index contributed by atoms with van der Waals surface area (Å²) in [6.45, 7) is 6.55. The van der Waals surface area contributed by atoms with Gasteiger partial charge in [0.2, 0.25) is 0 Å². The van der Waals surface area contributed by atoms with Crippen molar-refractivity contribution < 1.29 is 5.11 Å². The van der Waals surface area contributed by atoms with Gasteiger partial charge in [-0.15, -0.1) is 0 Å². The van der Waals surface area contributed by atoms with Crippen LogP contribution >= 0.6 is 0 Å². The molecule has 18 heavy (non-hydrogen) atoms. The van der Waals surface area contributed by atoms with Crippen molar-refractivity contribution in [2.45, 2.75) is 52.4 Å². The summed E-state index contributed by atoms with van der Waals surface area (Å²) in [5.41, 5.74) is 0.990. The molecule has 0 bridgehead atoms. The quantitative estimate of drug-likeness (QED) is 0.648. The highest BCUT2D eigenvalue weighted by Gasteiger charge is 2.09. The molecule has 1 aromatic rings. The van der Waals surface area contributed by atoms with E-state index in [4.69, 9.17) is 0 Å². The van der Waals surface area contributed by atoms with Crippen molar-refractivity contribution >= 4 is 5.69 Å². The zero-order valence-electron chi connectivity index (χ0n) is 11.9. The van der Waals surface area contributed by atoms with Crippen LogP contribution in [0.25, 0.3) is 0 Å². The van der Waals surface area contributed by atoms with E-state index in [1.165, 1.54) is 38.5 Å². The minimum Gasteiger partial charge on any atom is -0.506 e. The summed E-state index contributed by atoms with van der Waals surface area (Å²) in [4.78, 5) is 2.33. The van der Waals surface area contributed by atoms with E-state index in [1.807, 2.05) is 18.2 Å². The topological polar surface area (TPSA) is 23.5 Å². The monoisotopic (exact) mass is 249 g/mol. The van der Waals surface area contributed by atoms with Crippen LogP contribution < -0.4 is 4.90 Å². The fraction of sp³-hybridized carbons (Fsp3) is 0.625. The number of hydrogen-bond acceptors (Lipinski definition) is 2. The molecule has 0 atom stereocenters. The molecule has 0 unspecified atom stereocenters. The van der Waals surface area contributed by atoms with Crippen LogP contribution in [0, 0.1) is 0 Å². The van der Waals surface area contributed by atoms with Gasteiger partial charge < -0.3 is 10.0 Å². The van der Waals surface area contributed by atoms with E-state index in [0.717, 1.165) is 18.8 Å². The molecule has 0 aromatic heterocycles. The fourth-order valence-electron chi connectivity index (χ4n) is 2.19. The van der Waals surface area contributed by atoms with Crippen molar-refractivity contribution in [2.75, 3.05) is 18.0 Å². The van der Waals surface area contributed by atoms with Crippen LogP contribution in [0.15, 0.2) is 24.3 Å². The Morgan fingerprint density at radius 1 is 0.889 bits per heavy atom. The molecule has 0 amide bonds. The molecule has 0 saturated carbocycles. The Morgan fingerprint density at radius 2 is 1.44 bits per heavy atom. The first-order valence-electron chi connectivity index (χ1n) is 7.32. The second-order valence-corrected chi connectivity index (χ2v) is 4.89. The highest BCUT2D eigenvalue weighted by molar-refractivity contribution is 5.57. The lowest BCUT2D eigenvalue weighted by Crippen LogP contribution is -2.25. The lowest BCUT2D eigenvalue weighted by atomic mass is 10.2. The minimum absolute atomic E-state index is 0.408. The number of hydrogen-bond donors (Lipinski definition) is 1. The second kappa shape index (κ2) is 8.84. The smallest absolute Gasteiger partial charge is 0.138 e. The lowest BCUT2D eigenvalue weighted by molar-refractivity contribution is 0.472. The molecular formula is C16H27NO. The third-order valence-electron chi connectivity index (χ3n) is 3.29. The van der Waals surface area contributed by atoms with Crippen LogP contribution in [0.3, 0.4) is 0 Å². The van der Waals surface area contributed by atoms with Crippen LogP contribution in [-0.2, 0) is 0 Å². The Balaban J connectivity index is 2.60. The number of anilines is 1. The SMILES string of the molecule is CCCCCN(CCCCC)c1ccccc1O. The molecule has 1 rings (SSSR count). The van der Waals surface area contributed by atoms with Crippen LogP contribution in [-0.4, -0.2) is 18.2 Å². The number of nitrogens with zero attached hydrogens (tertiary/aromatic N) is 1. The molecule has 2 nitrogen and oxygen atoms in total. The Bertz CT molecular complexity index is 315. The Morgan fingerprint density at radius 3 is 1.94 bits per heavy atom. The first-order valence-corrected chi connectivity index (χ1v) is 7.32. The van der Waals surface area contributed by atoms with Gasteiger partial charge in [0.15, 0.2) is 0 Å². The lowest BCUT2D eigenvalue weighted by Gasteiger charge is -2.25. The third-order valence-corrected chi connectivity index (χ3v) is 3.29. The van der Waals surface area contributed by atoms with Gasteiger partial charge in [-0.3, -0.25) is 0 Å². The molecular weight excluding hydrogens is 222 g/mol. The van der Waals surface area contributed by atoms with Crippen LogP contribution in [0.1, 0.15) is 52.4 Å². The average molecular weight is 249 g/mol. The predicted octanol–water partition coefficient (Wildman–Crippen LogP) is 4.58. The Labute approximate surface area is 112 Å². The normalized spacial score (nSPS) is 10.6. The maximum Gasteiger partial charge on any atom is 0.138 e. The number of rotatable bonds is 9. The molecule has 0 saturated heterocycles. The zero-order valence-corrected chi connectivity index (χ0v) is 11.9. The number of aromatic hydroxyl groups is 1. The van der Waals surface area contributed by atoms with E-state index < -0.39 is 0 Å². The van der Waals surface area contributed by atoms with Gasteiger partial charge in [0.05, 0.1) is 5.69 Å². The van der Waals surface area contributed by atoms with Gasteiger partial charge in [0.25, 0.3) is 0 Å². The minimum atomic E-state index is 0.408. The molecule has 0 aliphatic heterocycles. The summed E-state index contributed by atoms with van der Waals surface area (Å²) >= 11 is 0. The van der Waals surface area contributed by atoms with E-state index in [-0.39, 0.29) is 0 Å². The number of phenols is 1. The Kier molecular flexibility index (Phi) is 7.31. The summed E-state index contributed by atoms with van der Waals surface area (Å²) in [7, 11) is 0. The number of unbranched alkanes of at least 4 members (excludes halogenated alkanes) is 4. The molecule has 0 aliphatic rings. The second-order valence-electron chi connectivity index (χ2n) is 4.89. The molecule has 0 aliphatic carbocycles. The van der Waals surface area contributed by atoms with E-state index >= 15 is 0 Å². The van der Waals surface area contributed by atoms with Gasteiger partial charge in [-0.2, -0.15) is 0 Å². The highest BCUT2D eigenvalue weighted by atomic mass is 16.3. The maximum absolute atomic E-state index is 9.95. The van der Waals surface area contributed by atoms with Gasteiger partial charge >= 0.3 is 0 Å². The van der Waals surface area contributed by atoms with Crippen LogP contribution in [0.4, 0.5) is 5.69 Å². The van der Waals surface area contributed by atoms with Crippen LogP contribution in [0.2, 0.25) is 0 Å². The molecule has 0 spiro atoms. The average Bonchev–Trinajstić information content (AvgIpc) is 2.38. The predicted molar refractivity (Wildman–Crippen MR) is 79.4 cm³/mol. The van der Waals surface area contributed by atoms with Gasteiger partial charge in [-0.1, -0.05) is 51.7 Å². The molecule has 1 N–H and O–H groups in total. The van der Waals surface area contributed by atoms with E-state index in [0.29, 0.717) is 5.75 Å². The van der Waals surface area contributed by atoms with Gasteiger partial charge in [-0.05, 0) is 25.0 Å². The van der Waals surface area contributed by atoms with Gasteiger partial charge in [0.1, 0.15) is 5.75 Å². The highest BCUT2D eigenvalue weighted by Crippen LogP contribution is 2.27. The number of para-hydroxylation sites is 2. The Hall–Kier alpha value is -1.18. The molecule has 0 heterocycles. The van der Waals surface area contributed by atoms with E-state index in [9.17, 15) is 5.11 Å². The number of benzene rings is 1. The molecule has 1 aromatic carbocycles. The molecule has 102 valence electrons. The van der Waals surface area contributed by atoms with Gasteiger partial charge in [-0.25, -0.2) is 0 Å². The van der Waals surface area contributed by atoms with E-state index in [1.54, 1.807) is 6.07 Å². The van der Waals surface area contributed by atoms with Crippen molar-refractivity contribution in [2.24, 2.45) is 0 Å². The molecule has 0 fully saturated rings. The zero-order chi connectivity index (χ0) is 13.2. The van der Waals surface area contributed by atoms with Crippen molar-refractivity contribution in [3.05, 3.63) is 24.3 Å². The molecule has 0 radical (unpaired) electrons. The van der Waals surface area contributed by atoms with Crippen LogP contribution in [0.5, 0.6) is 5.75 Å². The number of phenolic OH excluding ortho intramolecular Hbond substituents is 1.